The van der Waals surface area contributed by atoms with Gasteiger partial charge in [0, 0.05) is 0 Å². The summed E-state index contributed by atoms with van der Waals surface area (Å²) in [5, 5.41) is 0. The van der Waals surface area contributed by atoms with E-state index in [-0.39, 0.29) is 0 Å². The van der Waals surface area contributed by atoms with Crippen LogP contribution < -0.4 is 0 Å². The second-order valence-electron chi connectivity index (χ2n) is 3.42. The summed E-state index contributed by atoms with van der Waals surface area (Å²) in [6, 6.07) is 0. The zero-order valence-corrected chi connectivity index (χ0v) is 8.19. The Bertz CT molecular complexity index is 228. The molecule has 12 heavy (non-hydrogen) atoms. The van der Waals surface area contributed by atoms with E-state index in [1.165, 1.54) is 24.8 Å². The molecule has 0 radical (unpaired) electrons. The molecular formula is C12H18. The molecule has 0 bridgehead atoms. The summed E-state index contributed by atoms with van der Waals surface area (Å²) >= 11 is 0. The Hall–Kier alpha value is -0.780. The Morgan fingerprint density at radius 3 is 2.75 bits per heavy atom. The Morgan fingerprint density at radius 2 is 2.33 bits per heavy atom. The molecule has 0 saturated carbocycles. The Labute approximate surface area is 75.7 Å². The molecule has 0 heterocycles. The average molecular weight is 162 g/mol. The minimum atomic E-state index is 1.15. The first kappa shape index (κ1) is 9.31. The standard InChI is InChI=1S/C12H18/c1-4-10(3)12-8-6-11(5-2)7-9-12/h5-6H,2,4,7-9H2,1,3H3. The molecule has 0 saturated heterocycles. The quantitative estimate of drug-likeness (QED) is 0.538. The van der Waals surface area contributed by atoms with Crippen LogP contribution in [0.25, 0.3) is 0 Å². The van der Waals surface area contributed by atoms with E-state index >= 15 is 0 Å². The van der Waals surface area contributed by atoms with Gasteiger partial charge >= 0.3 is 0 Å². The van der Waals surface area contributed by atoms with E-state index in [4.69, 9.17) is 0 Å². The fourth-order valence-electron chi connectivity index (χ4n) is 1.58. The predicted octanol–water partition coefficient (Wildman–Crippen LogP) is 4.01. The molecule has 0 fully saturated rings. The molecule has 0 unspecified atom stereocenters. The van der Waals surface area contributed by atoms with Gasteiger partial charge in [-0.1, -0.05) is 42.4 Å². The van der Waals surface area contributed by atoms with Crippen molar-refractivity contribution in [2.45, 2.75) is 39.5 Å². The van der Waals surface area contributed by atoms with E-state index in [0.717, 1.165) is 6.42 Å². The Kier molecular flexibility index (Phi) is 3.33. The molecule has 0 aromatic heterocycles. The van der Waals surface area contributed by atoms with E-state index in [1.54, 1.807) is 11.1 Å². The monoisotopic (exact) mass is 162 g/mol. The first-order chi connectivity index (χ1) is 5.77. The van der Waals surface area contributed by atoms with Crippen LogP contribution in [0.15, 0.2) is 35.5 Å². The average Bonchev–Trinajstić information content (AvgIpc) is 2.17. The highest BCUT2D eigenvalue weighted by molar-refractivity contribution is 5.27. The van der Waals surface area contributed by atoms with Crippen LogP contribution in [0, 0.1) is 0 Å². The van der Waals surface area contributed by atoms with E-state index in [2.05, 4.69) is 26.5 Å². The third-order valence-electron chi connectivity index (χ3n) is 2.72. The fraction of sp³-hybridized carbons (Fsp3) is 0.500. The van der Waals surface area contributed by atoms with Crippen molar-refractivity contribution in [1.82, 2.24) is 0 Å². The van der Waals surface area contributed by atoms with Gasteiger partial charge in [0.2, 0.25) is 0 Å². The van der Waals surface area contributed by atoms with Gasteiger partial charge in [-0.05, 0) is 32.6 Å². The Morgan fingerprint density at radius 1 is 1.58 bits per heavy atom. The van der Waals surface area contributed by atoms with Gasteiger partial charge in [0.1, 0.15) is 0 Å². The lowest BCUT2D eigenvalue weighted by atomic mass is 9.91. The van der Waals surface area contributed by atoms with Crippen molar-refractivity contribution in [2.75, 3.05) is 0 Å². The minimum Gasteiger partial charge on any atom is -0.0988 e. The van der Waals surface area contributed by atoms with Crippen LogP contribution in [-0.4, -0.2) is 0 Å². The van der Waals surface area contributed by atoms with Crippen molar-refractivity contribution in [2.24, 2.45) is 0 Å². The molecule has 1 aliphatic carbocycles. The largest absolute Gasteiger partial charge is 0.0988 e. The third kappa shape index (κ3) is 2.10. The van der Waals surface area contributed by atoms with Gasteiger partial charge in [-0.25, -0.2) is 0 Å². The predicted molar refractivity (Wildman–Crippen MR) is 55.1 cm³/mol. The van der Waals surface area contributed by atoms with Crippen LogP contribution in [0.4, 0.5) is 0 Å². The molecule has 0 atom stereocenters. The van der Waals surface area contributed by atoms with Crippen molar-refractivity contribution < 1.29 is 0 Å². The SMILES string of the molecule is C=CC1=CCC(=C(C)CC)CC1. The first-order valence-corrected chi connectivity index (χ1v) is 4.77. The van der Waals surface area contributed by atoms with Crippen LogP contribution in [0.2, 0.25) is 0 Å². The van der Waals surface area contributed by atoms with Gasteiger partial charge in [0.15, 0.2) is 0 Å². The Balaban J connectivity index is 2.68. The lowest BCUT2D eigenvalue weighted by Gasteiger charge is -2.15. The maximum Gasteiger partial charge on any atom is -0.0130 e. The summed E-state index contributed by atoms with van der Waals surface area (Å²) in [6.07, 6.45) is 9.09. The van der Waals surface area contributed by atoms with Crippen molar-refractivity contribution >= 4 is 0 Å². The molecule has 1 aliphatic rings. The maximum atomic E-state index is 3.79. The van der Waals surface area contributed by atoms with Gasteiger partial charge in [0.25, 0.3) is 0 Å². The second kappa shape index (κ2) is 4.30. The molecule has 1 rings (SSSR count). The summed E-state index contributed by atoms with van der Waals surface area (Å²) in [5.41, 5.74) is 4.64. The lowest BCUT2D eigenvalue weighted by molar-refractivity contribution is 0.836. The molecule has 0 aromatic rings. The molecule has 0 amide bonds. The summed E-state index contributed by atoms with van der Waals surface area (Å²) in [6.45, 7) is 8.27. The van der Waals surface area contributed by atoms with Crippen molar-refractivity contribution in [1.29, 1.82) is 0 Å². The lowest BCUT2D eigenvalue weighted by Crippen LogP contribution is -1.95. The van der Waals surface area contributed by atoms with Gasteiger partial charge in [-0.2, -0.15) is 0 Å². The molecule has 0 spiro atoms. The number of hydrogen-bond donors (Lipinski definition) is 0. The van der Waals surface area contributed by atoms with Crippen molar-refractivity contribution in [3.05, 3.63) is 35.5 Å². The normalized spacial score (nSPS) is 21.7. The van der Waals surface area contributed by atoms with E-state index in [9.17, 15) is 0 Å². The van der Waals surface area contributed by atoms with Crippen LogP contribution in [-0.2, 0) is 0 Å². The van der Waals surface area contributed by atoms with Crippen LogP contribution in [0.5, 0.6) is 0 Å². The summed E-state index contributed by atoms with van der Waals surface area (Å²) in [4.78, 5) is 0. The minimum absolute atomic E-state index is 1.15. The van der Waals surface area contributed by atoms with Crippen LogP contribution >= 0.6 is 0 Å². The van der Waals surface area contributed by atoms with Crippen molar-refractivity contribution in [3.63, 3.8) is 0 Å². The highest BCUT2D eigenvalue weighted by atomic mass is 14.1. The third-order valence-corrected chi connectivity index (χ3v) is 2.72. The first-order valence-electron chi connectivity index (χ1n) is 4.77. The summed E-state index contributed by atoms with van der Waals surface area (Å²) in [5.74, 6) is 0. The molecular weight excluding hydrogens is 144 g/mol. The van der Waals surface area contributed by atoms with E-state index in [1.807, 2.05) is 6.08 Å². The van der Waals surface area contributed by atoms with Crippen LogP contribution in [0.3, 0.4) is 0 Å². The molecule has 0 N–H and O–H groups in total. The van der Waals surface area contributed by atoms with Gasteiger partial charge in [-0.3, -0.25) is 0 Å². The molecule has 0 aromatic carbocycles. The summed E-state index contributed by atoms with van der Waals surface area (Å²) < 4.78 is 0. The van der Waals surface area contributed by atoms with Gasteiger partial charge in [-0.15, -0.1) is 0 Å². The fourth-order valence-corrected chi connectivity index (χ4v) is 1.58. The van der Waals surface area contributed by atoms with Crippen LogP contribution in [0.1, 0.15) is 39.5 Å². The number of rotatable bonds is 2. The second-order valence-corrected chi connectivity index (χ2v) is 3.42. The molecule has 66 valence electrons. The zero-order chi connectivity index (χ0) is 8.97. The highest BCUT2D eigenvalue weighted by Crippen LogP contribution is 2.26. The maximum absolute atomic E-state index is 3.79. The van der Waals surface area contributed by atoms with Gasteiger partial charge in [0.05, 0.1) is 0 Å². The topological polar surface area (TPSA) is 0 Å². The summed E-state index contributed by atoms with van der Waals surface area (Å²) in [7, 11) is 0. The van der Waals surface area contributed by atoms with E-state index in [0.29, 0.717) is 0 Å². The number of allylic oxidation sites excluding steroid dienone is 5. The molecule has 0 aliphatic heterocycles. The van der Waals surface area contributed by atoms with Gasteiger partial charge < -0.3 is 0 Å². The zero-order valence-electron chi connectivity index (χ0n) is 8.19. The van der Waals surface area contributed by atoms with E-state index < -0.39 is 0 Å². The molecule has 0 nitrogen and oxygen atoms in total. The molecule has 0 heteroatoms. The smallest absolute Gasteiger partial charge is 0.0130 e. The highest BCUT2D eigenvalue weighted by Gasteiger charge is 2.06. The van der Waals surface area contributed by atoms with Crippen molar-refractivity contribution in [3.8, 4) is 0 Å². The number of hydrogen-bond acceptors (Lipinski definition) is 0.